The van der Waals surface area contributed by atoms with Crippen molar-refractivity contribution in [2.24, 2.45) is 5.73 Å². The van der Waals surface area contributed by atoms with E-state index < -0.39 is 23.9 Å². The van der Waals surface area contributed by atoms with E-state index in [2.05, 4.69) is 5.32 Å². The molecule has 1 heterocycles. The van der Waals surface area contributed by atoms with Crippen LogP contribution < -0.4 is 11.1 Å². The lowest BCUT2D eigenvalue weighted by molar-refractivity contribution is -0.125. The summed E-state index contributed by atoms with van der Waals surface area (Å²) < 4.78 is 4.91. The number of nitrogens with zero attached hydrogens (tertiary/aromatic N) is 1. The number of nitrogens with one attached hydrogen (secondary N) is 1. The van der Waals surface area contributed by atoms with Crippen molar-refractivity contribution in [1.82, 2.24) is 10.2 Å². The molecule has 1 saturated heterocycles. The summed E-state index contributed by atoms with van der Waals surface area (Å²) in [6.45, 7) is 0.262. The molecule has 8 heteroatoms. The second-order valence-corrected chi connectivity index (χ2v) is 4.89. The second-order valence-electron chi connectivity index (χ2n) is 4.89. The highest BCUT2D eigenvalue weighted by atomic mass is 16.6. The van der Waals surface area contributed by atoms with Gasteiger partial charge in [0.2, 0.25) is 11.8 Å². The zero-order valence-electron chi connectivity index (χ0n) is 11.8. The van der Waals surface area contributed by atoms with Crippen LogP contribution in [0.15, 0.2) is 24.3 Å². The van der Waals surface area contributed by atoms with Crippen molar-refractivity contribution in [2.45, 2.75) is 19.0 Å². The molecule has 118 valence electrons. The van der Waals surface area contributed by atoms with Crippen molar-refractivity contribution in [3.05, 3.63) is 29.8 Å². The molecular weight excluding hydrogens is 290 g/mol. The summed E-state index contributed by atoms with van der Waals surface area (Å²) in [7, 11) is 0. The number of carbonyl (C=O) groups is 3. The summed E-state index contributed by atoms with van der Waals surface area (Å²) >= 11 is 0. The van der Waals surface area contributed by atoms with Crippen molar-refractivity contribution in [3.63, 3.8) is 0 Å². The minimum absolute atomic E-state index is 0.0330. The number of nitrogens with two attached hydrogens (primary N) is 1. The highest BCUT2D eigenvalue weighted by Crippen LogP contribution is 2.18. The van der Waals surface area contributed by atoms with Gasteiger partial charge in [0.25, 0.3) is 0 Å². The molecule has 1 aliphatic rings. The number of carbonyl (C=O) groups excluding carboxylic acids is 3. The maximum atomic E-state index is 12.0. The number of hydrogen-bond acceptors (Lipinski definition) is 5. The van der Waals surface area contributed by atoms with Crippen LogP contribution in [0.5, 0.6) is 5.75 Å². The normalized spacial score (nSPS) is 17.2. The van der Waals surface area contributed by atoms with E-state index in [1.165, 1.54) is 17.0 Å². The van der Waals surface area contributed by atoms with Gasteiger partial charge in [-0.15, -0.1) is 0 Å². The zero-order valence-corrected chi connectivity index (χ0v) is 11.8. The molecule has 8 nitrogen and oxygen atoms in total. The Kier molecular flexibility index (Phi) is 4.82. The molecule has 0 aliphatic carbocycles. The lowest BCUT2D eigenvalue weighted by Gasteiger charge is -2.20. The molecule has 1 aromatic rings. The molecule has 1 aromatic carbocycles. The third-order valence-electron chi connectivity index (χ3n) is 3.24. The van der Waals surface area contributed by atoms with Gasteiger partial charge in [-0.1, -0.05) is 12.1 Å². The Hall–Kier alpha value is -2.77. The van der Waals surface area contributed by atoms with Crippen molar-refractivity contribution in [1.29, 1.82) is 0 Å². The largest absolute Gasteiger partial charge is 0.508 e. The van der Waals surface area contributed by atoms with Crippen LogP contribution in [0, 0.1) is 0 Å². The van der Waals surface area contributed by atoms with Gasteiger partial charge < -0.3 is 20.9 Å². The fourth-order valence-electron chi connectivity index (χ4n) is 2.07. The van der Waals surface area contributed by atoms with E-state index in [4.69, 9.17) is 10.5 Å². The fraction of sp³-hybridized carbons (Fsp3) is 0.357. The van der Waals surface area contributed by atoms with Gasteiger partial charge in [0, 0.05) is 13.0 Å². The van der Waals surface area contributed by atoms with Crippen LogP contribution in [0.1, 0.15) is 12.0 Å². The van der Waals surface area contributed by atoms with Gasteiger partial charge in [0.1, 0.15) is 18.4 Å². The van der Waals surface area contributed by atoms with E-state index in [-0.39, 0.29) is 31.9 Å². The third kappa shape index (κ3) is 3.87. The van der Waals surface area contributed by atoms with Crippen LogP contribution >= 0.6 is 0 Å². The monoisotopic (exact) mass is 307 g/mol. The molecule has 0 saturated carbocycles. The van der Waals surface area contributed by atoms with Crippen LogP contribution in [0.2, 0.25) is 0 Å². The van der Waals surface area contributed by atoms with Gasteiger partial charge in [-0.05, 0) is 17.7 Å². The van der Waals surface area contributed by atoms with E-state index in [0.29, 0.717) is 0 Å². The number of cyclic esters (lactones) is 1. The standard InChI is InChI=1S/C14H17N3O5/c15-12(19)5-6-16-13(20)11-8-22-14(21)17(11)7-9-1-3-10(18)4-2-9/h1-4,11,18H,5-8H2,(H2,15,19)(H,16,20)/t11-/m0/s1. The SMILES string of the molecule is NC(=O)CCNC(=O)[C@@H]1COC(=O)N1Cc1ccc(O)cc1. The van der Waals surface area contributed by atoms with E-state index in [9.17, 15) is 19.5 Å². The summed E-state index contributed by atoms with van der Waals surface area (Å²) in [5, 5.41) is 11.8. The lowest BCUT2D eigenvalue weighted by Crippen LogP contribution is -2.46. The molecular formula is C14H17N3O5. The summed E-state index contributed by atoms with van der Waals surface area (Å²) in [5.41, 5.74) is 5.75. The highest BCUT2D eigenvalue weighted by Gasteiger charge is 2.37. The first kappa shape index (κ1) is 15.6. The first-order valence-electron chi connectivity index (χ1n) is 6.74. The molecule has 0 bridgehead atoms. The number of primary amides is 1. The molecule has 0 aromatic heterocycles. The highest BCUT2D eigenvalue weighted by molar-refractivity contribution is 5.88. The van der Waals surface area contributed by atoms with Crippen LogP contribution in [-0.4, -0.2) is 47.1 Å². The fourth-order valence-corrected chi connectivity index (χ4v) is 2.07. The maximum absolute atomic E-state index is 12.0. The average Bonchev–Trinajstić information content (AvgIpc) is 2.82. The Balaban J connectivity index is 1.98. The predicted molar refractivity (Wildman–Crippen MR) is 75.6 cm³/mol. The molecule has 0 radical (unpaired) electrons. The first-order valence-corrected chi connectivity index (χ1v) is 6.74. The Morgan fingerprint density at radius 2 is 2.05 bits per heavy atom. The Morgan fingerprint density at radius 3 is 2.68 bits per heavy atom. The zero-order chi connectivity index (χ0) is 16.1. The van der Waals surface area contributed by atoms with E-state index in [1.54, 1.807) is 12.1 Å². The van der Waals surface area contributed by atoms with Gasteiger partial charge >= 0.3 is 6.09 Å². The molecule has 1 fully saturated rings. The van der Waals surface area contributed by atoms with Crippen molar-refractivity contribution >= 4 is 17.9 Å². The van der Waals surface area contributed by atoms with E-state index in [1.807, 2.05) is 0 Å². The van der Waals surface area contributed by atoms with Crippen LogP contribution in [0.4, 0.5) is 4.79 Å². The molecule has 22 heavy (non-hydrogen) atoms. The van der Waals surface area contributed by atoms with Gasteiger partial charge in [-0.2, -0.15) is 0 Å². The quantitative estimate of drug-likeness (QED) is 0.666. The third-order valence-corrected chi connectivity index (χ3v) is 3.24. The molecule has 3 amide bonds. The number of phenolic OH excluding ortho intramolecular Hbond substituents is 1. The first-order chi connectivity index (χ1) is 10.5. The van der Waals surface area contributed by atoms with E-state index >= 15 is 0 Å². The molecule has 1 aliphatic heterocycles. The average molecular weight is 307 g/mol. The van der Waals surface area contributed by atoms with Gasteiger partial charge in [0.05, 0.1) is 6.54 Å². The van der Waals surface area contributed by atoms with Gasteiger partial charge in [-0.3, -0.25) is 14.5 Å². The molecule has 4 N–H and O–H groups in total. The topological polar surface area (TPSA) is 122 Å². The Morgan fingerprint density at radius 1 is 1.36 bits per heavy atom. The minimum Gasteiger partial charge on any atom is -0.508 e. The predicted octanol–water partition coefficient (Wildman–Crippen LogP) is -0.295. The number of phenols is 1. The van der Waals surface area contributed by atoms with Crippen molar-refractivity contribution < 1.29 is 24.2 Å². The summed E-state index contributed by atoms with van der Waals surface area (Å²) in [6.07, 6.45) is -0.547. The van der Waals surface area contributed by atoms with Crippen molar-refractivity contribution in [3.8, 4) is 5.75 Å². The van der Waals surface area contributed by atoms with Crippen molar-refractivity contribution in [2.75, 3.05) is 13.2 Å². The number of benzene rings is 1. The Labute approximate surface area is 126 Å². The summed E-state index contributed by atoms with van der Waals surface area (Å²) in [5.74, 6) is -0.792. The number of amides is 3. The van der Waals surface area contributed by atoms with Gasteiger partial charge in [0.15, 0.2) is 0 Å². The van der Waals surface area contributed by atoms with Crippen LogP contribution in [0.3, 0.4) is 0 Å². The molecule has 0 unspecified atom stereocenters. The summed E-state index contributed by atoms with van der Waals surface area (Å²) in [4.78, 5) is 35.7. The Bertz CT molecular complexity index is 572. The number of ether oxygens (including phenoxy) is 1. The van der Waals surface area contributed by atoms with Crippen LogP contribution in [0.25, 0.3) is 0 Å². The second kappa shape index (κ2) is 6.79. The smallest absolute Gasteiger partial charge is 0.410 e. The maximum Gasteiger partial charge on any atom is 0.410 e. The summed E-state index contributed by atoms with van der Waals surface area (Å²) in [6, 6.07) is 5.55. The minimum atomic E-state index is -0.755. The number of rotatable bonds is 6. The number of aromatic hydroxyl groups is 1. The van der Waals surface area contributed by atoms with Gasteiger partial charge in [-0.25, -0.2) is 4.79 Å². The van der Waals surface area contributed by atoms with E-state index in [0.717, 1.165) is 5.56 Å². The molecule has 2 rings (SSSR count). The lowest BCUT2D eigenvalue weighted by atomic mass is 10.1. The van der Waals surface area contributed by atoms with Crippen LogP contribution in [-0.2, 0) is 20.9 Å². The molecule has 0 spiro atoms. The molecule has 1 atom stereocenters. The number of hydrogen-bond donors (Lipinski definition) is 3.